The van der Waals surface area contributed by atoms with Crippen molar-refractivity contribution < 1.29 is 19.4 Å². The second kappa shape index (κ2) is 7.28. The van der Waals surface area contributed by atoms with Gasteiger partial charge in [0.25, 0.3) is 5.91 Å². The van der Waals surface area contributed by atoms with Crippen molar-refractivity contribution in [3.63, 3.8) is 0 Å². The Hall–Kier alpha value is -1.56. The van der Waals surface area contributed by atoms with Gasteiger partial charge in [-0.05, 0) is 45.0 Å². The molecule has 0 aromatic heterocycles. The fourth-order valence-electron chi connectivity index (χ4n) is 1.66. The predicted octanol–water partition coefficient (Wildman–Crippen LogP) is 2.54. The number of carbonyl (C=O) groups is 2. The first-order valence-electron chi connectivity index (χ1n) is 6.25. The van der Waals surface area contributed by atoms with Crippen molar-refractivity contribution in [2.24, 2.45) is 0 Å². The topological polar surface area (TPSA) is 66.8 Å². The number of aliphatic carboxylic acids is 1. The van der Waals surface area contributed by atoms with Crippen molar-refractivity contribution in [3.8, 4) is 5.75 Å². The SMILES string of the molecule is CC(Oc1ccc(Br)cc1)C(=O)N(CC(=O)O)C(C)C. The molecule has 0 radical (unpaired) electrons. The number of hydrogen-bond donors (Lipinski definition) is 1. The molecule has 0 fully saturated rings. The van der Waals surface area contributed by atoms with Crippen molar-refractivity contribution in [2.45, 2.75) is 32.9 Å². The van der Waals surface area contributed by atoms with Crippen molar-refractivity contribution in [1.82, 2.24) is 4.90 Å². The number of rotatable bonds is 6. The van der Waals surface area contributed by atoms with Gasteiger partial charge in [0, 0.05) is 10.5 Å². The highest BCUT2D eigenvalue weighted by Crippen LogP contribution is 2.18. The lowest BCUT2D eigenvalue weighted by atomic mass is 10.2. The molecule has 5 nitrogen and oxygen atoms in total. The number of carboxylic acid groups (broad SMARTS) is 1. The summed E-state index contributed by atoms with van der Waals surface area (Å²) in [4.78, 5) is 24.3. The Morgan fingerprint density at radius 2 is 1.80 bits per heavy atom. The zero-order valence-corrected chi connectivity index (χ0v) is 13.3. The summed E-state index contributed by atoms with van der Waals surface area (Å²) in [5.74, 6) is -0.818. The van der Waals surface area contributed by atoms with E-state index in [-0.39, 0.29) is 18.5 Å². The normalized spacial score (nSPS) is 12.1. The van der Waals surface area contributed by atoms with Gasteiger partial charge in [-0.3, -0.25) is 9.59 Å². The van der Waals surface area contributed by atoms with Crippen LogP contribution in [-0.2, 0) is 9.59 Å². The molecular formula is C14H18BrNO4. The summed E-state index contributed by atoms with van der Waals surface area (Å²) in [5, 5.41) is 8.84. The Labute approximate surface area is 126 Å². The van der Waals surface area contributed by atoms with E-state index in [9.17, 15) is 9.59 Å². The predicted molar refractivity (Wildman–Crippen MR) is 78.7 cm³/mol. The van der Waals surface area contributed by atoms with E-state index in [1.54, 1.807) is 32.9 Å². The molecule has 1 rings (SSSR count). The van der Waals surface area contributed by atoms with Gasteiger partial charge in [-0.15, -0.1) is 0 Å². The quantitative estimate of drug-likeness (QED) is 0.861. The second-order valence-corrected chi connectivity index (χ2v) is 5.58. The molecule has 110 valence electrons. The molecule has 1 N–H and O–H groups in total. The standard InChI is InChI=1S/C14H18BrNO4/c1-9(2)16(8-13(17)18)14(19)10(3)20-12-6-4-11(15)5-7-12/h4-7,9-10H,8H2,1-3H3,(H,17,18). The van der Waals surface area contributed by atoms with Crippen LogP contribution in [0.3, 0.4) is 0 Å². The Kier molecular flexibility index (Phi) is 6.01. The lowest BCUT2D eigenvalue weighted by molar-refractivity contribution is -0.149. The third kappa shape index (κ3) is 4.85. The van der Waals surface area contributed by atoms with Crippen LogP contribution in [0.25, 0.3) is 0 Å². The number of amides is 1. The molecule has 0 aliphatic carbocycles. The van der Waals surface area contributed by atoms with Gasteiger partial charge in [-0.1, -0.05) is 15.9 Å². The van der Waals surface area contributed by atoms with Gasteiger partial charge < -0.3 is 14.7 Å². The van der Waals surface area contributed by atoms with E-state index in [1.807, 2.05) is 12.1 Å². The fourth-order valence-corrected chi connectivity index (χ4v) is 1.93. The average Bonchev–Trinajstić information content (AvgIpc) is 2.37. The van der Waals surface area contributed by atoms with Crippen LogP contribution in [-0.4, -0.2) is 40.6 Å². The maximum absolute atomic E-state index is 12.2. The van der Waals surface area contributed by atoms with Gasteiger partial charge in [-0.25, -0.2) is 0 Å². The Bertz CT molecular complexity index is 473. The maximum Gasteiger partial charge on any atom is 0.323 e. The Morgan fingerprint density at radius 3 is 2.25 bits per heavy atom. The van der Waals surface area contributed by atoms with Crippen LogP contribution in [0.5, 0.6) is 5.75 Å². The largest absolute Gasteiger partial charge is 0.481 e. The minimum Gasteiger partial charge on any atom is -0.481 e. The first-order valence-corrected chi connectivity index (χ1v) is 7.05. The number of halogens is 1. The lowest BCUT2D eigenvalue weighted by Crippen LogP contribution is -2.46. The summed E-state index contributed by atoms with van der Waals surface area (Å²) in [5.41, 5.74) is 0. The summed E-state index contributed by atoms with van der Waals surface area (Å²) in [6.07, 6.45) is -0.738. The van der Waals surface area contributed by atoms with E-state index in [1.165, 1.54) is 4.90 Å². The van der Waals surface area contributed by atoms with Gasteiger partial charge in [0.2, 0.25) is 0 Å². The Balaban J connectivity index is 2.73. The van der Waals surface area contributed by atoms with Crippen LogP contribution >= 0.6 is 15.9 Å². The fraction of sp³-hybridized carbons (Fsp3) is 0.429. The second-order valence-electron chi connectivity index (χ2n) is 4.67. The highest BCUT2D eigenvalue weighted by atomic mass is 79.9. The van der Waals surface area contributed by atoms with Gasteiger partial charge in [-0.2, -0.15) is 0 Å². The van der Waals surface area contributed by atoms with Crippen LogP contribution in [0.4, 0.5) is 0 Å². The van der Waals surface area contributed by atoms with E-state index in [4.69, 9.17) is 9.84 Å². The smallest absolute Gasteiger partial charge is 0.323 e. The molecule has 0 aliphatic rings. The Morgan fingerprint density at radius 1 is 1.25 bits per heavy atom. The molecule has 0 spiro atoms. The number of nitrogens with zero attached hydrogens (tertiary/aromatic N) is 1. The number of benzene rings is 1. The maximum atomic E-state index is 12.2. The molecule has 0 saturated carbocycles. The molecule has 20 heavy (non-hydrogen) atoms. The summed E-state index contributed by atoms with van der Waals surface area (Å²) < 4.78 is 6.45. The van der Waals surface area contributed by atoms with Gasteiger partial charge in [0.1, 0.15) is 12.3 Å². The van der Waals surface area contributed by atoms with E-state index in [0.29, 0.717) is 5.75 Å². The molecule has 0 bridgehead atoms. The number of carboxylic acids is 1. The first kappa shape index (κ1) is 16.5. The molecule has 1 atom stereocenters. The summed E-state index contributed by atoms with van der Waals surface area (Å²) in [7, 11) is 0. The number of carbonyl (C=O) groups excluding carboxylic acids is 1. The lowest BCUT2D eigenvalue weighted by Gasteiger charge is -2.28. The highest BCUT2D eigenvalue weighted by Gasteiger charge is 2.26. The molecule has 1 aromatic rings. The van der Waals surface area contributed by atoms with Crippen molar-refractivity contribution in [3.05, 3.63) is 28.7 Å². The molecular weight excluding hydrogens is 326 g/mol. The van der Waals surface area contributed by atoms with Crippen molar-refractivity contribution >= 4 is 27.8 Å². The van der Waals surface area contributed by atoms with Crippen molar-refractivity contribution in [1.29, 1.82) is 0 Å². The molecule has 1 unspecified atom stereocenters. The van der Waals surface area contributed by atoms with E-state index < -0.39 is 12.1 Å². The van der Waals surface area contributed by atoms with E-state index >= 15 is 0 Å². The van der Waals surface area contributed by atoms with Crippen LogP contribution in [0, 0.1) is 0 Å². The summed E-state index contributed by atoms with van der Waals surface area (Å²) >= 11 is 3.31. The summed E-state index contributed by atoms with van der Waals surface area (Å²) in [6, 6.07) is 6.90. The zero-order valence-electron chi connectivity index (χ0n) is 11.7. The third-order valence-corrected chi connectivity index (χ3v) is 3.21. The molecule has 1 amide bonds. The third-order valence-electron chi connectivity index (χ3n) is 2.69. The minimum absolute atomic E-state index is 0.199. The molecule has 0 heterocycles. The van der Waals surface area contributed by atoms with E-state index in [0.717, 1.165) is 4.47 Å². The van der Waals surface area contributed by atoms with Gasteiger partial charge >= 0.3 is 5.97 Å². The molecule has 6 heteroatoms. The van der Waals surface area contributed by atoms with Crippen LogP contribution in [0.15, 0.2) is 28.7 Å². The van der Waals surface area contributed by atoms with Crippen LogP contribution in [0.1, 0.15) is 20.8 Å². The minimum atomic E-state index is -1.04. The summed E-state index contributed by atoms with van der Waals surface area (Å²) in [6.45, 7) is 4.83. The molecule has 0 aliphatic heterocycles. The van der Waals surface area contributed by atoms with Crippen molar-refractivity contribution in [2.75, 3.05) is 6.54 Å². The number of hydrogen-bond acceptors (Lipinski definition) is 3. The monoisotopic (exact) mass is 343 g/mol. The van der Waals surface area contributed by atoms with Crippen LogP contribution in [0.2, 0.25) is 0 Å². The van der Waals surface area contributed by atoms with Gasteiger partial charge in [0.15, 0.2) is 6.10 Å². The van der Waals surface area contributed by atoms with E-state index in [2.05, 4.69) is 15.9 Å². The first-order chi connectivity index (χ1) is 9.31. The molecule has 1 aromatic carbocycles. The van der Waals surface area contributed by atoms with Gasteiger partial charge in [0.05, 0.1) is 0 Å². The highest BCUT2D eigenvalue weighted by molar-refractivity contribution is 9.10. The number of ether oxygens (including phenoxy) is 1. The average molecular weight is 344 g/mol. The zero-order chi connectivity index (χ0) is 15.3. The van der Waals surface area contributed by atoms with Crippen LogP contribution < -0.4 is 4.74 Å². The molecule has 0 saturated heterocycles.